The summed E-state index contributed by atoms with van der Waals surface area (Å²) in [7, 11) is 0. The van der Waals surface area contributed by atoms with Crippen LogP contribution in [-0.4, -0.2) is 19.2 Å². The van der Waals surface area contributed by atoms with Crippen molar-refractivity contribution < 1.29 is 4.74 Å². The van der Waals surface area contributed by atoms with Crippen molar-refractivity contribution in [3.05, 3.63) is 42.5 Å². The van der Waals surface area contributed by atoms with Crippen molar-refractivity contribution in [1.82, 2.24) is 5.32 Å². The molecule has 0 aliphatic heterocycles. The average Bonchev–Trinajstić information content (AvgIpc) is 2.47. The summed E-state index contributed by atoms with van der Waals surface area (Å²) in [5.41, 5.74) is 1.25. The maximum atomic E-state index is 5.86. The first-order valence-electron chi connectivity index (χ1n) is 8.30. The Morgan fingerprint density at radius 2 is 2.10 bits per heavy atom. The van der Waals surface area contributed by atoms with Crippen molar-refractivity contribution in [3.63, 3.8) is 0 Å². The SMILES string of the molecule is C=CCCCCCC(CCOc1cccc(C)c1)NCC. The largest absolute Gasteiger partial charge is 0.494 e. The number of unbranched alkanes of at least 4 members (excludes halogenated alkanes) is 3. The second kappa shape index (κ2) is 11.4. The Kier molecular flexibility index (Phi) is 9.64. The number of nitrogens with one attached hydrogen (secondary N) is 1. The third kappa shape index (κ3) is 8.56. The van der Waals surface area contributed by atoms with Gasteiger partial charge in [0, 0.05) is 6.04 Å². The van der Waals surface area contributed by atoms with E-state index in [1.807, 2.05) is 18.2 Å². The second-order valence-electron chi connectivity index (χ2n) is 5.63. The van der Waals surface area contributed by atoms with Crippen LogP contribution in [-0.2, 0) is 0 Å². The van der Waals surface area contributed by atoms with Crippen molar-refractivity contribution in [2.45, 2.75) is 58.4 Å². The number of ether oxygens (including phenoxy) is 1. The Bertz CT molecular complexity index is 389. The van der Waals surface area contributed by atoms with E-state index >= 15 is 0 Å². The summed E-state index contributed by atoms with van der Waals surface area (Å²) < 4.78 is 5.86. The quantitative estimate of drug-likeness (QED) is 0.437. The Hall–Kier alpha value is -1.28. The molecule has 0 aliphatic rings. The summed E-state index contributed by atoms with van der Waals surface area (Å²) in [5, 5.41) is 3.57. The molecule has 1 aromatic carbocycles. The zero-order valence-corrected chi connectivity index (χ0v) is 13.7. The van der Waals surface area contributed by atoms with Crippen LogP contribution >= 0.6 is 0 Å². The van der Waals surface area contributed by atoms with Crippen LogP contribution in [0.2, 0.25) is 0 Å². The minimum absolute atomic E-state index is 0.573. The Morgan fingerprint density at radius 1 is 1.24 bits per heavy atom. The molecule has 1 N–H and O–H groups in total. The lowest BCUT2D eigenvalue weighted by molar-refractivity contribution is 0.279. The van der Waals surface area contributed by atoms with E-state index in [0.717, 1.165) is 31.7 Å². The van der Waals surface area contributed by atoms with Crippen LogP contribution in [0.15, 0.2) is 36.9 Å². The molecule has 0 aliphatic carbocycles. The molecule has 0 aromatic heterocycles. The van der Waals surface area contributed by atoms with Crippen molar-refractivity contribution in [2.75, 3.05) is 13.2 Å². The summed E-state index contributed by atoms with van der Waals surface area (Å²) in [6, 6.07) is 8.84. The van der Waals surface area contributed by atoms with Gasteiger partial charge in [-0.25, -0.2) is 0 Å². The minimum atomic E-state index is 0.573. The highest BCUT2D eigenvalue weighted by atomic mass is 16.5. The predicted molar refractivity (Wildman–Crippen MR) is 92.0 cm³/mol. The molecule has 2 nitrogen and oxygen atoms in total. The first-order valence-corrected chi connectivity index (χ1v) is 8.30. The van der Waals surface area contributed by atoms with Gasteiger partial charge in [0.05, 0.1) is 6.61 Å². The molecule has 0 amide bonds. The van der Waals surface area contributed by atoms with Gasteiger partial charge in [-0.1, -0.05) is 38.0 Å². The van der Waals surface area contributed by atoms with E-state index in [4.69, 9.17) is 4.74 Å². The highest BCUT2D eigenvalue weighted by molar-refractivity contribution is 5.27. The van der Waals surface area contributed by atoms with Crippen LogP contribution < -0.4 is 10.1 Å². The second-order valence-corrected chi connectivity index (χ2v) is 5.63. The fourth-order valence-corrected chi connectivity index (χ4v) is 2.52. The summed E-state index contributed by atoms with van der Waals surface area (Å²) in [6.07, 6.45) is 9.32. The molecule has 1 unspecified atom stereocenters. The molecular formula is C19H31NO. The van der Waals surface area contributed by atoms with Crippen LogP contribution in [0.4, 0.5) is 0 Å². The summed E-state index contributed by atoms with van der Waals surface area (Å²) >= 11 is 0. The zero-order valence-electron chi connectivity index (χ0n) is 13.7. The molecule has 0 saturated heterocycles. The van der Waals surface area contributed by atoms with Crippen LogP contribution in [0.3, 0.4) is 0 Å². The van der Waals surface area contributed by atoms with Crippen molar-refractivity contribution in [3.8, 4) is 5.75 Å². The van der Waals surface area contributed by atoms with E-state index in [1.165, 1.54) is 31.2 Å². The van der Waals surface area contributed by atoms with Gasteiger partial charge in [-0.15, -0.1) is 6.58 Å². The lowest BCUT2D eigenvalue weighted by Gasteiger charge is -2.18. The molecule has 1 atom stereocenters. The van der Waals surface area contributed by atoms with Gasteiger partial charge >= 0.3 is 0 Å². The molecule has 1 aromatic rings. The van der Waals surface area contributed by atoms with Gasteiger partial charge in [-0.2, -0.15) is 0 Å². The first-order chi connectivity index (χ1) is 10.3. The van der Waals surface area contributed by atoms with Crippen LogP contribution in [0.25, 0.3) is 0 Å². The standard InChI is InChI=1S/C19H31NO/c1-4-6-7-8-9-12-18(20-5-2)14-15-21-19-13-10-11-17(3)16-19/h4,10-11,13,16,18,20H,1,5-9,12,14-15H2,2-3H3. The molecule has 0 spiro atoms. The molecule has 1 rings (SSSR count). The molecule has 0 fully saturated rings. The van der Waals surface area contributed by atoms with E-state index in [-0.39, 0.29) is 0 Å². The topological polar surface area (TPSA) is 21.3 Å². The normalized spacial score (nSPS) is 12.1. The average molecular weight is 289 g/mol. The lowest BCUT2D eigenvalue weighted by Crippen LogP contribution is -2.30. The van der Waals surface area contributed by atoms with Crippen LogP contribution in [0.1, 0.15) is 51.0 Å². The molecule has 0 bridgehead atoms. The Labute approximate surface area is 130 Å². The predicted octanol–water partition coefficient (Wildman–Crippen LogP) is 4.88. The Morgan fingerprint density at radius 3 is 2.81 bits per heavy atom. The molecule has 0 heterocycles. The third-order valence-corrected chi connectivity index (χ3v) is 3.68. The van der Waals surface area contributed by atoms with E-state index in [0.29, 0.717) is 6.04 Å². The van der Waals surface area contributed by atoms with E-state index in [1.54, 1.807) is 0 Å². The minimum Gasteiger partial charge on any atom is -0.494 e. The van der Waals surface area contributed by atoms with Crippen molar-refractivity contribution in [1.29, 1.82) is 0 Å². The number of benzene rings is 1. The maximum absolute atomic E-state index is 5.86. The monoisotopic (exact) mass is 289 g/mol. The highest BCUT2D eigenvalue weighted by Gasteiger charge is 2.07. The molecule has 118 valence electrons. The highest BCUT2D eigenvalue weighted by Crippen LogP contribution is 2.14. The van der Waals surface area contributed by atoms with Gasteiger partial charge in [0.15, 0.2) is 0 Å². The van der Waals surface area contributed by atoms with Gasteiger partial charge in [0.25, 0.3) is 0 Å². The molecule has 2 heteroatoms. The Balaban J connectivity index is 2.22. The fourth-order valence-electron chi connectivity index (χ4n) is 2.52. The lowest BCUT2D eigenvalue weighted by atomic mass is 10.0. The van der Waals surface area contributed by atoms with Crippen molar-refractivity contribution >= 4 is 0 Å². The summed E-state index contributed by atoms with van der Waals surface area (Å²) in [4.78, 5) is 0. The fraction of sp³-hybridized carbons (Fsp3) is 0.579. The molecule has 0 saturated carbocycles. The van der Waals surface area contributed by atoms with Crippen LogP contribution in [0.5, 0.6) is 5.75 Å². The van der Waals surface area contributed by atoms with Crippen molar-refractivity contribution in [2.24, 2.45) is 0 Å². The number of allylic oxidation sites excluding steroid dienone is 1. The molecule has 0 radical (unpaired) electrons. The summed E-state index contributed by atoms with van der Waals surface area (Å²) in [6.45, 7) is 9.85. The molecule has 21 heavy (non-hydrogen) atoms. The van der Waals surface area contributed by atoms with Gasteiger partial charge in [-0.05, 0) is 56.8 Å². The van der Waals surface area contributed by atoms with E-state index in [9.17, 15) is 0 Å². The zero-order chi connectivity index (χ0) is 15.3. The van der Waals surface area contributed by atoms with Gasteiger partial charge < -0.3 is 10.1 Å². The number of hydrogen-bond donors (Lipinski definition) is 1. The number of aryl methyl sites for hydroxylation is 1. The summed E-state index contributed by atoms with van der Waals surface area (Å²) in [5.74, 6) is 0.983. The number of rotatable bonds is 12. The van der Waals surface area contributed by atoms with E-state index in [2.05, 4.69) is 37.9 Å². The number of hydrogen-bond acceptors (Lipinski definition) is 2. The molecular weight excluding hydrogens is 258 g/mol. The third-order valence-electron chi connectivity index (χ3n) is 3.68. The van der Waals surface area contributed by atoms with E-state index < -0.39 is 0 Å². The van der Waals surface area contributed by atoms with Gasteiger partial charge in [0.2, 0.25) is 0 Å². The van der Waals surface area contributed by atoms with Gasteiger partial charge in [-0.3, -0.25) is 0 Å². The van der Waals surface area contributed by atoms with Gasteiger partial charge in [0.1, 0.15) is 5.75 Å². The smallest absolute Gasteiger partial charge is 0.119 e. The maximum Gasteiger partial charge on any atom is 0.119 e. The van der Waals surface area contributed by atoms with Crippen LogP contribution in [0, 0.1) is 6.92 Å². The first kappa shape index (κ1) is 17.8.